The average molecular weight is 241 g/mol. The second kappa shape index (κ2) is 5.16. The topological polar surface area (TPSA) is 75.1 Å². The molecule has 0 fully saturated rings. The zero-order valence-corrected chi connectivity index (χ0v) is 10.3. The summed E-state index contributed by atoms with van der Waals surface area (Å²) in [5, 5.41) is 11.8. The third kappa shape index (κ3) is 3.69. The summed E-state index contributed by atoms with van der Waals surface area (Å²) in [5.41, 5.74) is -0.000502. The standard InChI is InChI=1S/C10H15N3O2S/c1-10(2,16-3)6-12-9-11-5-4-7(13-9)8(14)15/h4-5H,6H2,1-3H3,(H,14,15)(H,11,12,13). The minimum atomic E-state index is -1.05. The molecular weight excluding hydrogens is 226 g/mol. The van der Waals surface area contributed by atoms with E-state index in [4.69, 9.17) is 5.11 Å². The molecule has 0 spiro atoms. The van der Waals surface area contributed by atoms with E-state index in [1.54, 1.807) is 11.8 Å². The molecule has 0 unspecified atom stereocenters. The minimum Gasteiger partial charge on any atom is -0.477 e. The van der Waals surface area contributed by atoms with Gasteiger partial charge in [0.25, 0.3) is 0 Å². The number of thioether (sulfide) groups is 1. The summed E-state index contributed by atoms with van der Waals surface area (Å²) >= 11 is 1.72. The molecule has 6 heteroatoms. The van der Waals surface area contributed by atoms with Gasteiger partial charge in [0, 0.05) is 17.5 Å². The quantitative estimate of drug-likeness (QED) is 0.817. The van der Waals surface area contributed by atoms with Gasteiger partial charge in [0.15, 0.2) is 5.69 Å². The highest BCUT2D eigenvalue weighted by atomic mass is 32.2. The average Bonchev–Trinajstić information content (AvgIpc) is 2.27. The molecule has 2 N–H and O–H groups in total. The Kier molecular flexibility index (Phi) is 4.12. The number of hydrogen-bond acceptors (Lipinski definition) is 5. The molecule has 16 heavy (non-hydrogen) atoms. The molecule has 1 aromatic heterocycles. The molecular formula is C10H15N3O2S. The molecule has 0 aromatic carbocycles. The van der Waals surface area contributed by atoms with E-state index >= 15 is 0 Å². The van der Waals surface area contributed by atoms with Crippen LogP contribution >= 0.6 is 11.8 Å². The van der Waals surface area contributed by atoms with Gasteiger partial charge in [-0.15, -0.1) is 0 Å². The van der Waals surface area contributed by atoms with Crippen LogP contribution < -0.4 is 5.32 Å². The molecule has 5 nitrogen and oxygen atoms in total. The first kappa shape index (κ1) is 12.8. The number of aromatic nitrogens is 2. The van der Waals surface area contributed by atoms with Gasteiger partial charge < -0.3 is 10.4 Å². The van der Waals surface area contributed by atoms with Gasteiger partial charge in [-0.05, 0) is 26.2 Å². The Balaban J connectivity index is 2.68. The smallest absolute Gasteiger partial charge is 0.354 e. The second-order valence-corrected chi connectivity index (χ2v) is 5.40. The Hall–Kier alpha value is -1.30. The number of hydrogen-bond donors (Lipinski definition) is 2. The molecule has 0 aliphatic rings. The van der Waals surface area contributed by atoms with E-state index in [1.807, 2.05) is 6.26 Å². The highest BCUT2D eigenvalue weighted by molar-refractivity contribution is 7.99. The first-order valence-electron chi connectivity index (χ1n) is 4.80. The number of carbonyl (C=O) groups is 1. The van der Waals surface area contributed by atoms with E-state index in [2.05, 4.69) is 29.1 Å². The molecule has 0 radical (unpaired) electrons. The van der Waals surface area contributed by atoms with Crippen LogP contribution in [0.25, 0.3) is 0 Å². The lowest BCUT2D eigenvalue weighted by molar-refractivity contribution is 0.0690. The van der Waals surface area contributed by atoms with Crippen molar-refractivity contribution in [3.63, 3.8) is 0 Å². The maximum absolute atomic E-state index is 10.7. The van der Waals surface area contributed by atoms with Crippen LogP contribution in [0, 0.1) is 0 Å². The van der Waals surface area contributed by atoms with Crippen molar-refractivity contribution in [1.82, 2.24) is 9.97 Å². The minimum absolute atomic E-state index is 0.000502. The van der Waals surface area contributed by atoms with Crippen molar-refractivity contribution in [3.8, 4) is 0 Å². The Morgan fingerprint density at radius 3 is 2.88 bits per heavy atom. The number of rotatable bonds is 5. The predicted molar refractivity (Wildman–Crippen MR) is 65.1 cm³/mol. The first-order valence-corrected chi connectivity index (χ1v) is 6.02. The van der Waals surface area contributed by atoms with E-state index in [9.17, 15) is 4.79 Å². The predicted octanol–water partition coefficient (Wildman–Crippen LogP) is 1.73. The van der Waals surface area contributed by atoms with Crippen molar-refractivity contribution in [2.24, 2.45) is 0 Å². The van der Waals surface area contributed by atoms with Gasteiger partial charge in [0.05, 0.1) is 0 Å². The Morgan fingerprint density at radius 1 is 1.62 bits per heavy atom. The van der Waals surface area contributed by atoms with E-state index in [-0.39, 0.29) is 10.4 Å². The number of carboxylic acid groups (broad SMARTS) is 1. The maximum Gasteiger partial charge on any atom is 0.354 e. The molecule has 0 saturated heterocycles. The van der Waals surface area contributed by atoms with Crippen molar-refractivity contribution < 1.29 is 9.90 Å². The highest BCUT2D eigenvalue weighted by Gasteiger charge is 2.16. The van der Waals surface area contributed by atoms with Crippen molar-refractivity contribution in [1.29, 1.82) is 0 Å². The molecule has 1 aromatic rings. The van der Waals surface area contributed by atoms with E-state index < -0.39 is 5.97 Å². The summed E-state index contributed by atoms with van der Waals surface area (Å²) in [6.45, 7) is 4.86. The van der Waals surface area contributed by atoms with E-state index in [0.717, 1.165) is 0 Å². The molecule has 1 rings (SSSR count). The van der Waals surface area contributed by atoms with Crippen LogP contribution in [0.3, 0.4) is 0 Å². The third-order valence-electron chi connectivity index (χ3n) is 2.10. The third-order valence-corrected chi connectivity index (χ3v) is 3.35. The Bertz CT molecular complexity index is 382. The molecule has 88 valence electrons. The van der Waals surface area contributed by atoms with Crippen LogP contribution in [0.5, 0.6) is 0 Å². The molecule has 0 atom stereocenters. The van der Waals surface area contributed by atoms with Crippen molar-refractivity contribution >= 4 is 23.7 Å². The lowest BCUT2D eigenvalue weighted by Crippen LogP contribution is -2.26. The largest absolute Gasteiger partial charge is 0.477 e. The van der Waals surface area contributed by atoms with Crippen LogP contribution in [0.2, 0.25) is 0 Å². The summed E-state index contributed by atoms with van der Waals surface area (Å²) in [6.07, 6.45) is 3.46. The lowest BCUT2D eigenvalue weighted by Gasteiger charge is -2.22. The van der Waals surface area contributed by atoms with Gasteiger partial charge >= 0.3 is 5.97 Å². The monoisotopic (exact) mass is 241 g/mol. The highest BCUT2D eigenvalue weighted by Crippen LogP contribution is 2.20. The zero-order valence-electron chi connectivity index (χ0n) is 9.52. The Labute approximate surface area is 98.7 Å². The molecule has 0 aliphatic carbocycles. The van der Waals surface area contributed by atoms with Gasteiger partial charge in [0.2, 0.25) is 5.95 Å². The van der Waals surface area contributed by atoms with Crippen molar-refractivity contribution in [3.05, 3.63) is 18.0 Å². The van der Waals surface area contributed by atoms with Gasteiger partial charge in [0.1, 0.15) is 0 Å². The molecule has 0 amide bonds. The Morgan fingerprint density at radius 2 is 2.31 bits per heavy atom. The molecule has 0 aliphatic heterocycles. The first-order chi connectivity index (χ1) is 7.44. The van der Waals surface area contributed by atoms with Gasteiger partial charge in [-0.2, -0.15) is 11.8 Å². The van der Waals surface area contributed by atoms with Gasteiger partial charge in [-0.3, -0.25) is 0 Å². The summed E-state index contributed by atoms with van der Waals surface area (Å²) in [6, 6.07) is 1.37. The van der Waals surface area contributed by atoms with Gasteiger partial charge in [-0.25, -0.2) is 14.8 Å². The van der Waals surface area contributed by atoms with Crippen LogP contribution in [0.15, 0.2) is 12.3 Å². The molecule has 1 heterocycles. The van der Waals surface area contributed by atoms with E-state index in [0.29, 0.717) is 12.5 Å². The summed E-state index contributed by atoms with van der Waals surface area (Å²) in [7, 11) is 0. The molecule has 0 saturated carbocycles. The van der Waals surface area contributed by atoms with Crippen LogP contribution in [0.4, 0.5) is 5.95 Å². The zero-order chi connectivity index (χ0) is 12.2. The van der Waals surface area contributed by atoms with Crippen molar-refractivity contribution in [2.45, 2.75) is 18.6 Å². The van der Waals surface area contributed by atoms with Gasteiger partial charge in [-0.1, -0.05) is 0 Å². The number of anilines is 1. The summed E-state index contributed by atoms with van der Waals surface area (Å²) in [5.74, 6) is -0.698. The van der Waals surface area contributed by atoms with Crippen molar-refractivity contribution in [2.75, 3.05) is 18.1 Å². The summed E-state index contributed by atoms with van der Waals surface area (Å²) in [4.78, 5) is 18.5. The summed E-state index contributed by atoms with van der Waals surface area (Å²) < 4.78 is 0.0581. The number of aromatic carboxylic acids is 1. The fourth-order valence-corrected chi connectivity index (χ4v) is 1.14. The lowest BCUT2D eigenvalue weighted by atomic mass is 10.2. The molecule has 0 bridgehead atoms. The number of nitrogens with zero attached hydrogens (tertiary/aromatic N) is 2. The van der Waals surface area contributed by atoms with Crippen LogP contribution in [-0.2, 0) is 0 Å². The maximum atomic E-state index is 10.7. The van der Waals surface area contributed by atoms with Crippen LogP contribution in [-0.4, -0.2) is 38.6 Å². The van der Waals surface area contributed by atoms with E-state index in [1.165, 1.54) is 12.3 Å². The number of carboxylic acids is 1. The number of nitrogens with one attached hydrogen (secondary N) is 1. The van der Waals surface area contributed by atoms with Crippen LogP contribution in [0.1, 0.15) is 24.3 Å². The second-order valence-electron chi connectivity index (χ2n) is 3.89. The SMILES string of the molecule is CSC(C)(C)CNc1nccc(C(=O)O)n1. The fourth-order valence-electron chi connectivity index (χ4n) is 0.927. The fraction of sp³-hybridized carbons (Fsp3) is 0.500. The normalized spacial score (nSPS) is 11.2.